The molecule has 0 N–H and O–H groups in total. The van der Waals surface area contributed by atoms with Crippen molar-refractivity contribution in [1.82, 2.24) is 0 Å². The van der Waals surface area contributed by atoms with Gasteiger partial charge in [0.15, 0.2) is 0 Å². The Balaban J connectivity index is 2.07. The molecule has 0 nitrogen and oxygen atoms in total. The van der Waals surface area contributed by atoms with Crippen molar-refractivity contribution in [1.29, 1.82) is 0 Å². The van der Waals surface area contributed by atoms with Gasteiger partial charge in [-0.2, -0.15) is 13.2 Å². The van der Waals surface area contributed by atoms with Crippen LogP contribution in [0.5, 0.6) is 0 Å². The maximum atomic E-state index is 13.1. The summed E-state index contributed by atoms with van der Waals surface area (Å²) in [6, 6.07) is 20.6. The summed E-state index contributed by atoms with van der Waals surface area (Å²) in [5, 5.41) is 2.00. The van der Waals surface area contributed by atoms with E-state index in [0.717, 1.165) is 16.3 Å². The first-order valence-corrected chi connectivity index (χ1v) is 7.54. The van der Waals surface area contributed by atoms with Gasteiger partial charge in [-0.05, 0) is 28.8 Å². The number of alkyl halides is 3. The third kappa shape index (κ3) is 3.73. The van der Waals surface area contributed by atoms with Gasteiger partial charge in [-0.3, -0.25) is 0 Å². The van der Waals surface area contributed by atoms with E-state index in [4.69, 9.17) is 0 Å². The first-order chi connectivity index (χ1) is 10.9. The van der Waals surface area contributed by atoms with Crippen LogP contribution in [0.25, 0.3) is 10.8 Å². The van der Waals surface area contributed by atoms with Crippen LogP contribution in [0.3, 0.4) is 0 Å². The minimum Gasteiger partial charge on any atom is -0.171 e. The van der Waals surface area contributed by atoms with Crippen LogP contribution in [0.2, 0.25) is 0 Å². The molecule has 0 unspecified atom stereocenters. The van der Waals surface area contributed by atoms with Gasteiger partial charge in [0.2, 0.25) is 0 Å². The first-order valence-electron chi connectivity index (χ1n) is 7.54. The lowest BCUT2D eigenvalue weighted by molar-refractivity contribution is -0.136. The molecule has 0 bridgehead atoms. The van der Waals surface area contributed by atoms with Crippen LogP contribution in [-0.4, -0.2) is 6.18 Å². The quantitative estimate of drug-likeness (QED) is 0.537. The van der Waals surface area contributed by atoms with Crippen molar-refractivity contribution in [3.63, 3.8) is 0 Å². The fraction of sp³-hybridized carbons (Fsp3) is 0.200. The lowest BCUT2D eigenvalue weighted by Crippen LogP contribution is -2.15. The van der Waals surface area contributed by atoms with E-state index in [1.54, 1.807) is 18.2 Å². The molecule has 0 aliphatic carbocycles. The van der Waals surface area contributed by atoms with Crippen LogP contribution < -0.4 is 0 Å². The number of halogens is 3. The minimum absolute atomic E-state index is 0.680. The van der Waals surface area contributed by atoms with E-state index in [-0.39, 0.29) is 0 Å². The summed E-state index contributed by atoms with van der Waals surface area (Å²) in [5.41, 5.74) is 2.44. The number of hydrogen-bond donors (Lipinski definition) is 0. The van der Waals surface area contributed by atoms with Gasteiger partial charge in [-0.25, -0.2) is 0 Å². The summed E-state index contributed by atoms with van der Waals surface area (Å²) in [4.78, 5) is 0. The fourth-order valence-corrected chi connectivity index (χ4v) is 2.88. The molecule has 118 valence electrons. The number of aryl methyl sites for hydroxylation is 1. The van der Waals surface area contributed by atoms with E-state index in [9.17, 15) is 13.2 Å². The first kappa shape index (κ1) is 15.6. The van der Waals surface area contributed by atoms with Crippen molar-refractivity contribution in [2.75, 3.05) is 0 Å². The second kappa shape index (κ2) is 6.07. The molecule has 0 amide bonds. The molecule has 0 saturated heterocycles. The summed E-state index contributed by atoms with van der Waals surface area (Å²) < 4.78 is 39.2. The maximum Gasteiger partial charge on any atom is 0.390 e. The topological polar surface area (TPSA) is 0 Å². The van der Waals surface area contributed by atoms with Crippen molar-refractivity contribution in [3.8, 4) is 0 Å². The molecule has 23 heavy (non-hydrogen) atoms. The van der Waals surface area contributed by atoms with Crippen molar-refractivity contribution in [2.45, 2.75) is 25.4 Å². The number of fused-ring (bicyclic) bond motifs is 1. The highest BCUT2D eigenvalue weighted by Crippen LogP contribution is 2.37. The van der Waals surface area contributed by atoms with E-state index in [0.29, 0.717) is 11.1 Å². The van der Waals surface area contributed by atoms with Crippen LogP contribution in [0.4, 0.5) is 13.2 Å². The van der Waals surface area contributed by atoms with Crippen molar-refractivity contribution in [3.05, 3.63) is 83.4 Å². The van der Waals surface area contributed by atoms with Gasteiger partial charge in [0.25, 0.3) is 0 Å². The molecule has 0 spiro atoms. The average molecular weight is 314 g/mol. The molecule has 0 saturated carbocycles. The Bertz CT molecular complexity index is 801. The highest BCUT2D eigenvalue weighted by atomic mass is 19.4. The van der Waals surface area contributed by atoms with Gasteiger partial charge < -0.3 is 0 Å². The molecule has 0 aromatic heterocycles. The second-order valence-corrected chi connectivity index (χ2v) is 5.89. The molecule has 0 radical (unpaired) electrons. The van der Waals surface area contributed by atoms with Gasteiger partial charge in [0.1, 0.15) is 0 Å². The van der Waals surface area contributed by atoms with Gasteiger partial charge in [0, 0.05) is 5.92 Å². The van der Waals surface area contributed by atoms with Gasteiger partial charge >= 0.3 is 6.18 Å². The van der Waals surface area contributed by atoms with Crippen LogP contribution in [0, 0.1) is 6.92 Å². The minimum atomic E-state index is -4.21. The third-order valence-corrected chi connectivity index (χ3v) is 4.09. The Morgan fingerprint density at radius 3 is 2.04 bits per heavy atom. The molecule has 0 fully saturated rings. The molecule has 3 heteroatoms. The lowest BCUT2D eigenvalue weighted by atomic mass is 9.87. The molecule has 0 aliphatic rings. The Morgan fingerprint density at radius 2 is 1.39 bits per heavy atom. The van der Waals surface area contributed by atoms with E-state index in [2.05, 4.69) is 0 Å². The SMILES string of the molecule is Cc1ccc([C@H](CC(F)(F)F)c2ccc3ccccc3c2)cc1. The summed E-state index contributed by atoms with van der Waals surface area (Å²) >= 11 is 0. The standard InChI is InChI=1S/C20H17F3/c1-14-6-8-16(9-7-14)19(13-20(21,22)23)18-11-10-15-4-2-3-5-17(15)12-18/h2-12,19H,13H2,1H3/t19-/m0/s1. The molecular formula is C20H17F3. The second-order valence-electron chi connectivity index (χ2n) is 5.89. The summed E-state index contributed by atoms with van der Waals surface area (Å²) in [6.07, 6.45) is -5.06. The van der Waals surface area contributed by atoms with Crippen LogP contribution >= 0.6 is 0 Å². The Labute approximate surface area is 133 Å². The van der Waals surface area contributed by atoms with E-state index in [1.807, 2.05) is 55.5 Å². The number of benzene rings is 3. The third-order valence-electron chi connectivity index (χ3n) is 4.09. The van der Waals surface area contributed by atoms with E-state index >= 15 is 0 Å². The van der Waals surface area contributed by atoms with E-state index < -0.39 is 18.5 Å². The number of hydrogen-bond acceptors (Lipinski definition) is 0. The van der Waals surface area contributed by atoms with Crippen molar-refractivity contribution in [2.24, 2.45) is 0 Å². The largest absolute Gasteiger partial charge is 0.390 e. The molecule has 0 aliphatic heterocycles. The van der Waals surface area contributed by atoms with Crippen molar-refractivity contribution >= 4 is 10.8 Å². The van der Waals surface area contributed by atoms with E-state index in [1.165, 1.54) is 0 Å². The fourth-order valence-electron chi connectivity index (χ4n) is 2.88. The zero-order valence-corrected chi connectivity index (χ0v) is 12.8. The molecule has 3 rings (SSSR count). The van der Waals surface area contributed by atoms with Crippen LogP contribution in [-0.2, 0) is 0 Å². The molecule has 3 aromatic rings. The summed E-state index contributed by atoms with van der Waals surface area (Å²) in [5.74, 6) is -0.680. The maximum absolute atomic E-state index is 13.1. The normalized spacial score (nSPS) is 13.2. The van der Waals surface area contributed by atoms with Gasteiger partial charge in [0.05, 0.1) is 6.42 Å². The van der Waals surface area contributed by atoms with Crippen LogP contribution in [0.15, 0.2) is 66.7 Å². The van der Waals surface area contributed by atoms with Crippen LogP contribution in [0.1, 0.15) is 29.0 Å². The average Bonchev–Trinajstić information content (AvgIpc) is 2.52. The highest BCUT2D eigenvalue weighted by molar-refractivity contribution is 5.83. The lowest BCUT2D eigenvalue weighted by Gasteiger charge is -2.20. The summed E-state index contributed by atoms with van der Waals surface area (Å²) in [7, 11) is 0. The monoisotopic (exact) mass is 314 g/mol. The summed E-state index contributed by atoms with van der Waals surface area (Å²) in [6.45, 7) is 1.93. The van der Waals surface area contributed by atoms with Crippen molar-refractivity contribution < 1.29 is 13.2 Å². The van der Waals surface area contributed by atoms with Gasteiger partial charge in [-0.15, -0.1) is 0 Å². The highest BCUT2D eigenvalue weighted by Gasteiger charge is 2.33. The molecule has 0 heterocycles. The molecular weight excluding hydrogens is 297 g/mol. The molecule has 1 atom stereocenters. The Morgan fingerprint density at radius 1 is 0.783 bits per heavy atom. The predicted molar refractivity (Wildman–Crippen MR) is 87.6 cm³/mol. The predicted octanol–water partition coefficient (Wildman–Crippen LogP) is 6.23. The number of rotatable bonds is 3. The van der Waals surface area contributed by atoms with Gasteiger partial charge in [-0.1, -0.05) is 72.3 Å². The zero-order chi connectivity index (χ0) is 16.4. The smallest absolute Gasteiger partial charge is 0.171 e. The Hall–Kier alpha value is -2.29. The zero-order valence-electron chi connectivity index (χ0n) is 12.8. The Kier molecular flexibility index (Phi) is 4.12. The molecule has 3 aromatic carbocycles.